The van der Waals surface area contributed by atoms with E-state index in [-0.39, 0.29) is 18.1 Å². The van der Waals surface area contributed by atoms with Crippen molar-refractivity contribution < 1.29 is 9.84 Å². The highest BCUT2D eigenvalue weighted by atomic mass is 16.5. The zero-order valence-electron chi connectivity index (χ0n) is 11.1. The third-order valence-electron chi connectivity index (χ3n) is 2.71. The Kier molecular flexibility index (Phi) is 4.97. The molecule has 0 heterocycles. The van der Waals surface area contributed by atoms with Gasteiger partial charge in [0, 0.05) is 6.04 Å². The minimum atomic E-state index is -0.647. The van der Waals surface area contributed by atoms with Gasteiger partial charge in [-0.25, -0.2) is 0 Å². The lowest BCUT2D eigenvalue weighted by molar-refractivity contribution is 0.125. The number of aliphatic hydroxyl groups excluding tert-OH is 1. The summed E-state index contributed by atoms with van der Waals surface area (Å²) >= 11 is 0. The molecule has 0 aliphatic heterocycles. The molecule has 3 nitrogen and oxygen atoms in total. The highest BCUT2D eigenvalue weighted by Gasteiger charge is 2.20. The minimum Gasteiger partial charge on any atom is -0.491 e. The van der Waals surface area contributed by atoms with Crippen molar-refractivity contribution in [3.05, 3.63) is 29.8 Å². The van der Waals surface area contributed by atoms with E-state index in [1.165, 1.54) is 0 Å². The van der Waals surface area contributed by atoms with Gasteiger partial charge in [0.2, 0.25) is 0 Å². The molecule has 3 heteroatoms. The van der Waals surface area contributed by atoms with Gasteiger partial charge in [0.15, 0.2) is 0 Å². The van der Waals surface area contributed by atoms with Gasteiger partial charge in [-0.15, -0.1) is 0 Å². The Balaban J connectivity index is 2.83. The summed E-state index contributed by atoms with van der Waals surface area (Å²) in [6, 6.07) is 7.23. The Morgan fingerprint density at radius 1 is 1.18 bits per heavy atom. The van der Waals surface area contributed by atoms with Gasteiger partial charge in [-0.2, -0.15) is 0 Å². The summed E-state index contributed by atoms with van der Waals surface area (Å²) in [5.74, 6) is 1.01. The molecule has 0 amide bonds. The summed E-state index contributed by atoms with van der Waals surface area (Å²) in [6.45, 7) is 7.95. The highest BCUT2D eigenvalue weighted by Crippen LogP contribution is 2.24. The fourth-order valence-electron chi connectivity index (χ4n) is 1.63. The van der Waals surface area contributed by atoms with Crippen LogP contribution in [0.2, 0.25) is 0 Å². The van der Waals surface area contributed by atoms with E-state index in [0.29, 0.717) is 0 Å². The molecular formula is C14H23NO2. The van der Waals surface area contributed by atoms with Gasteiger partial charge in [0.1, 0.15) is 5.75 Å². The maximum atomic E-state index is 10.1. The van der Waals surface area contributed by atoms with E-state index in [4.69, 9.17) is 10.5 Å². The van der Waals surface area contributed by atoms with E-state index in [2.05, 4.69) is 0 Å². The van der Waals surface area contributed by atoms with E-state index >= 15 is 0 Å². The van der Waals surface area contributed by atoms with Crippen LogP contribution in [-0.4, -0.2) is 17.3 Å². The monoisotopic (exact) mass is 237 g/mol. The van der Waals surface area contributed by atoms with E-state index in [1.54, 1.807) is 0 Å². The van der Waals surface area contributed by atoms with E-state index in [9.17, 15) is 5.11 Å². The summed E-state index contributed by atoms with van der Waals surface area (Å²) in [7, 11) is 0. The quantitative estimate of drug-likeness (QED) is 0.827. The van der Waals surface area contributed by atoms with Crippen LogP contribution in [0.4, 0.5) is 0 Å². The average molecular weight is 237 g/mol. The highest BCUT2D eigenvalue weighted by molar-refractivity contribution is 5.30. The number of nitrogens with two attached hydrogens (primary N) is 1. The third kappa shape index (κ3) is 4.02. The molecule has 1 aromatic rings. The molecule has 2 atom stereocenters. The molecule has 0 fully saturated rings. The minimum absolute atomic E-state index is 0.126. The molecule has 1 aromatic carbocycles. The Labute approximate surface area is 104 Å². The lowest BCUT2D eigenvalue weighted by atomic mass is 9.94. The maximum absolute atomic E-state index is 10.1. The molecule has 0 spiro atoms. The van der Waals surface area contributed by atoms with Crippen molar-refractivity contribution in [3.63, 3.8) is 0 Å². The van der Waals surface area contributed by atoms with Gasteiger partial charge >= 0.3 is 0 Å². The summed E-state index contributed by atoms with van der Waals surface area (Å²) in [5.41, 5.74) is 6.76. The normalized spacial score (nSPS) is 15.1. The zero-order valence-corrected chi connectivity index (χ0v) is 11.1. The van der Waals surface area contributed by atoms with Crippen LogP contribution in [0.1, 0.15) is 39.4 Å². The van der Waals surface area contributed by atoms with Gasteiger partial charge < -0.3 is 15.6 Å². The van der Waals surface area contributed by atoms with Crippen molar-refractivity contribution in [1.29, 1.82) is 0 Å². The molecule has 3 N–H and O–H groups in total. The molecule has 1 rings (SSSR count). The Hall–Kier alpha value is -1.06. The van der Waals surface area contributed by atoms with Crippen LogP contribution in [-0.2, 0) is 0 Å². The van der Waals surface area contributed by atoms with Gasteiger partial charge in [-0.3, -0.25) is 0 Å². The van der Waals surface area contributed by atoms with Gasteiger partial charge in [0.25, 0.3) is 0 Å². The van der Waals surface area contributed by atoms with Crippen LogP contribution in [0.15, 0.2) is 24.3 Å². The number of aliphatic hydroxyl groups is 1. The third-order valence-corrected chi connectivity index (χ3v) is 2.71. The summed E-state index contributed by atoms with van der Waals surface area (Å²) in [5, 5.41) is 10.1. The average Bonchev–Trinajstić information content (AvgIpc) is 2.26. The molecule has 0 bridgehead atoms. The predicted octanol–water partition coefficient (Wildman–Crippen LogP) is 2.49. The fourth-order valence-corrected chi connectivity index (χ4v) is 1.63. The van der Waals surface area contributed by atoms with E-state index in [0.717, 1.165) is 11.3 Å². The second-order valence-corrected chi connectivity index (χ2v) is 5.01. The van der Waals surface area contributed by atoms with Crippen LogP contribution in [0, 0.1) is 5.92 Å². The van der Waals surface area contributed by atoms with Gasteiger partial charge in [-0.05, 0) is 37.5 Å². The predicted molar refractivity (Wildman–Crippen MR) is 70.0 cm³/mol. The lowest BCUT2D eigenvalue weighted by Crippen LogP contribution is -2.33. The van der Waals surface area contributed by atoms with Crippen molar-refractivity contribution >= 4 is 0 Å². The molecule has 0 radical (unpaired) electrons. The first-order valence-corrected chi connectivity index (χ1v) is 6.12. The van der Waals surface area contributed by atoms with Crippen LogP contribution < -0.4 is 10.5 Å². The SMILES string of the molecule is CC(C)Oc1cccc(C(O)C(N)C(C)C)c1. The Morgan fingerprint density at radius 3 is 2.35 bits per heavy atom. The molecule has 2 unspecified atom stereocenters. The number of hydrogen-bond acceptors (Lipinski definition) is 3. The van der Waals surface area contributed by atoms with Crippen molar-refractivity contribution in [2.75, 3.05) is 0 Å². The lowest BCUT2D eigenvalue weighted by Gasteiger charge is -2.23. The second-order valence-electron chi connectivity index (χ2n) is 5.01. The molecule has 0 aliphatic carbocycles. The van der Waals surface area contributed by atoms with Crippen molar-refractivity contribution in [1.82, 2.24) is 0 Å². The van der Waals surface area contributed by atoms with Crippen LogP contribution in [0.25, 0.3) is 0 Å². The molecule has 0 aromatic heterocycles. The number of benzene rings is 1. The zero-order chi connectivity index (χ0) is 13.0. The molecule has 17 heavy (non-hydrogen) atoms. The van der Waals surface area contributed by atoms with E-state index < -0.39 is 6.10 Å². The number of rotatable bonds is 5. The van der Waals surface area contributed by atoms with Gasteiger partial charge in [-0.1, -0.05) is 26.0 Å². The summed E-state index contributed by atoms with van der Waals surface area (Å²) in [6.07, 6.45) is -0.521. The number of hydrogen-bond donors (Lipinski definition) is 2. The van der Waals surface area contributed by atoms with Crippen LogP contribution >= 0.6 is 0 Å². The topological polar surface area (TPSA) is 55.5 Å². The van der Waals surface area contributed by atoms with Crippen LogP contribution in [0.5, 0.6) is 5.75 Å². The first-order chi connectivity index (χ1) is 7.91. The van der Waals surface area contributed by atoms with Crippen molar-refractivity contribution in [2.45, 2.75) is 45.9 Å². The number of ether oxygens (including phenoxy) is 1. The first-order valence-electron chi connectivity index (χ1n) is 6.12. The van der Waals surface area contributed by atoms with Crippen LogP contribution in [0.3, 0.4) is 0 Å². The molecule has 96 valence electrons. The molecule has 0 aliphatic rings. The fraction of sp³-hybridized carbons (Fsp3) is 0.571. The van der Waals surface area contributed by atoms with E-state index in [1.807, 2.05) is 52.0 Å². The largest absolute Gasteiger partial charge is 0.491 e. The second kappa shape index (κ2) is 6.03. The van der Waals surface area contributed by atoms with Crippen molar-refractivity contribution in [3.8, 4) is 5.75 Å². The first kappa shape index (κ1) is 14.0. The van der Waals surface area contributed by atoms with Crippen molar-refractivity contribution in [2.24, 2.45) is 11.7 Å². The Bertz CT molecular complexity index is 350. The summed E-state index contributed by atoms with van der Waals surface area (Å²) < 4.78 is 5.59. The standard InChI is InChI=1S/C14H23NO2/c1-9(2)13(15)14(16)11-6-5-7-12(8-11)17-10(3)4/h5-10,13-14,16H,15H2,1-4H3. The smallest absolute Gasteiger partial charge is 0.120 e. The molecule has 0 saturated carbocycles. The van der Waals surface area contributed by atoms with Gasteiger partial charge in [0.05, 0.1) is 12.2 Å². The maximum Gasteiger partial charge on any atom is 0.120 e. The summed E-state index contributed by atoms with van der Waals surface area (Å²) in [4.78, 5) is 0. The molecule has 0 saturated heterocycles. The molecular weight excluding hydrogens is 214 g/mol. The Morgan fingerprint density at radius 2 is 1.82 bits per heavy atom.